The molecule has 0 aliphatic heterocycles. The van der Waals surface area contributed by atoms with Crippen LogP contribution >= 0.6 is 11.3 Å². The van der Waals surface area contributed by atoms with Gasteiger partial charge in [0.2, 0.25) is 5.91 Å². The lowest BCUT2D eigenvalue weighted by atomic mass is 9.74. The lowest BCUT2D eigenvalue weighted by molar-refractivity contribution is -0.155. The Hall–Kier alpha value is -4.08. The Morgan fingerprint density at radius 1 is 1.25 bits per heavy atom. The van der Waals surface area contributed by atoms with Gasteiger partial charge in [-0.05, 0) is 37.0 Å². The summed E-state index contributed by atoms with van der Waals surface area (Å²) in [7, 11) is 0. The molecule has 0 unspecified atom stereocenters. The molecule has 0 saturated heterocycles. The lowest BCUT2D eigenvalue weighted by Crippen LogP contribution is -2.44. The van der Waals surface area contributed by atoms with E-state index in [1.54, 1.807) is 36.8 Å². The van der Waals surface area contributed by atoms with E-state index in [2.05, 4.69) is 26.2 Å². The molecule has 1 saturated carbocycles. The van der Waals surface area contributed by atoms with Gasteiger partial charge < -0.3 is 14.7 Å². The molecule has 12 heteroatoms. The first kappa shape index (κ1) is 25.0. The lowest BCUT2D eigenvalue weighted by Gasteiger charge is -2.35. The summed E-state index contributed by atoms with van der Waals surface area (Å²) in [6, 6.07) is 8.98. The predicted molar refractivity (Wildman–Crippen MR) is 130 cm³/mol. The number of carbonyl (C=O) groups is 3. The first-order valence-corrected chi connectivity index (χ1v) is 12.2. The smallest absolute Gasteiger partial charge is 0.327 e. The fourth-order valence-electron chi connectivity index (χ4n) is 3.90. The number of rotatable bonds is 10. The normalized spacial score (nSPS) is 16.4. The molecule has 3 N–H and O–H groups in total. The third kappa shape index (κ3) is 5.94. The number of nitriles is 1. The van der Waals surface area contributed by atoms with Crippen LogP contribution in [0.1, 0.15) is 40.1 Å². The molecule has 1 aliphatic rings. The summed E-state index contributed by atoms with van der Waals surface area (Å²) in [5, 5.41) is 12.3. The Morgan fingerprint density at radius 2 is 2.03 bits per heavy atom. The van der Waals surface area contributed by atoms with Crippen LogP contribution in [-0.4, -0.2) is 38.9 Å². The van der Waals surface area contributed by atoms with E-state index in [0.717, 1.165) is 29.9 Å². The third-order valence-electron chi connectivity index (χ3n) is 6.01. The number of thiazole rings is 1. The average molecular weight is 508 g/mol. The van der Waals surface area contributed by atoms with Crippen LogP contribution in [0.25, 0.3) is 0 Å². The van der Waals surface area contributed by atoms with Gasteiger partial charge in [-0.1, -0.05) is 23.5 Å². The van der Waals surface area contributed by atoms with Crippen LogP contribution in [0, 0.1) is 23.2 Å². The SMILES string of the molecule is N#Cc1ccc(CN(C(=O)C2CC(C(=O)ON)C2)c2ncc(C(=O)NCCCn3ccnc3)s2)cc1. The number of aromatic nitrogens is 3. The minimum Gasteiger partial charge on any atom is -0.373 e. The molecule has 36 heavy (non-hydrogen) atoms. The highest BCUT2D eigenvalue weighted by atomic mass is 32.1. The van der Waals surface area contributed by atoms with E-state index in [9.17, 15) is 14.4 Å². The zero-order valence-electron chi connectivity index (χ0n) is 19.4. The van der Waals surface area contributed by atoms with Crippen molar-refractivity contribution < 1.29 is 19.2 Å². The third-order valence-corrected chi connectivity index (χ3v) is 7.03. The summed E-state index contributed by atoms with van der Waals surface area (Å²) < 4.78 is 1.93. The number of amides is 2. The van der Waals surface area contributed by atoms with Gasteiger partial charge in [-0.25, -0.2) is 9.97 Å². The van der Waals surface area contributed by atoms with Crippen molar-refractivity contribution in [3.05, 3.63) is 65.2 Å². The molecule has 11 nitrogen and oxygen atoms in total. The van der Waals surface area contributed by atoms with Crippen molar-refractivity contribution >= 4 is 34.3 Å². The van der Waals surface area contributed by atoms with Gasteiger partial charge in [-0.3, -0.25) is 19.3 Å². The van der Waals surface area contributed by atoms with Crippen LogP contribution in [0.5, 0.6) is 0 Å². The van der Waals surface area contributed by atoms with E-state index in [1.165, 1.54) is 11.1 Å². The van der Waals surface area contributed by atoms with Gasteiger partial charge in [0.1, 0.15) is 4.88 Å². The molecule has 1 aliphatic carbocycles. The summed E-state index contributed by atoms with van der Waals surface area (Å²) in [6.45, 7) is 1.44. The second-order valence-corrected chi connectivity index (χ2v) is 9.46. The number of benzene rings is 1. The number of hydrogen-bond donors (Lipinski definition) is 2. The number of aryl methyl sites for hydroxylation is 1. The van der Waals surface area contributed by atoms with Crippen molar-refractivity contribution in [2.45, 2.75) is 32.4 Å². The van der Waals surface area contributed by atoms with E-state index >= 15 is 0 Å². The van der Waals surface area contributed by atoms with Crippen LogP contribution in [0.4, 0.5) is 5.13 Å². The number of nitrogens with one attached hydrogen (secondary N) is 1. The Morgan fingerprint density at radius 3 is 2.69 bits per heavy atom. The average Bonchev–Trinajstić information content (AvgIpc) is 3.57. The van der Waals surface area contributed by atoms with E-state index in [-0.39, 0.29) is 24.3 Å². The molecule has 0 atom stereocenters. The zero-order valence-corrected chi connectivity index (χ0v) is 20.2. The largest absolute Gasteiger partial charge is 0.373 e. The van der Waals surface area contributed by atoms with Gasteiger partial charge in [0.25, 0.3) is 5.91 Å². The zero-order chi connectivity index (χ0) is 25.5. The molecule has 3 aromatic rings. The Labute approximate surface area is 211 Å². The number of hydrogen-bond acceptors (Lipinski definition) is 9. The second-order valence-electron chi connectivity index (χ2n) is 8.45. The van der Waals surface area contributed by atoms with Crippen LogP contribution < -0.4 is 16.1 Å². The summed E-state index contributed by atoms with van der Waals surface area (Å²) in [5.74, 6) is 3.20. The minimum atomic E-state index is -0.529. The number of nitrogens with two attached hydrogens (primary N) is 1. The fourth-order valence-corrected chi connectivity index (χ4v) is 4.74. The molecule has 2 aromatic heterocycles. The van der Waals surface area contributed by atoms with Crippen molar-refractivity contribution in [1.29, 1.82) is 5.26 Å². The van der Waals surface area contributed by atoms with Gasteiger partial charge in [-0.15, -0.1) is 0 Å². The van der Waals surface area contributed by atoms with Crippen molar-refractivity contribution in [3.63, 3.8) is 0 Å². The Bertz CT molecular complexity index is 1240. The molecule has 0 spiro atoms. The Balaban J connectivity index is 1.43. The standard InChI is InChI=1S/C24H25N7O4S/c25-12-16-2-4-17(5-3-16)14-31(22(33)18-10-19(11-18)23(34)35-26)24-29-13-20(36-24)21(32)28-6-1-8-30-9-7-27-15-30/h2-5,7,9,13,15,18-19H,1,6,8,10-11,14,26H2,(H,28,32). The maximum Gasteiger partial charge on any atom is 0.327 e. The van der Waals surface area contributed by atoms with Gasteiger partial charge in [0.05, 0.1) is 36.6 Å². The molecule has 2 amide bonds. The predicted octanol–water partition coefficient (Wildman–Crippen LogP) is 2.01. The van der Waals surface area contributed by atoms with Crippen LogP contribution in [0.3, 0.4) is 0 Å². The van der Waals surface area contributed by atoms with Gasteiger partial charge in [0, 0.05) is 31.4 Å². The van der Waals surface area contributed by atoms with Crippen molar-refractivity contribution in [3.8, 4) is 6.07 Å². The first-order chi connectivity index (χ1) is 17.5. The molecule has 0 bridgehead atoms. The highest BCUT2D eigenvalue weighted by molar-refractivity contribution is 7.17. The molecule has 1 aromatic carbocycles. The summed E-state index contributed by atoms with van der Waals surface area (Å²) in [4.78, 5) is 52.2. The molecule has 186 valence electrons. The highest BCUT2D eigenvalue weighted by Gasteiger charge is 2.42. The van der Waals surface area contributed by atoms with Crippen molar-refractivity contribution in [1.82, 2.24) is 19.9 Å². The van der Waals surface area contributed by atoms with E-state index < -0.39 is 11.9 Å². The van der Waals surface area contributed by atoms with Crippen molar-refractivity contribution in [2.24, 2.45) is 17.7 Å². The van der Waals surface area contributed by atoms with E-state index in [4.69, 9.17) is 11.2 Å². The number of nitrogens with zero attached hydrogens (tertiary/aromatic N) is 5. The molecular weight excluding hydrogens is 482 g/mol. The van der Waals surface area contributed by atoms with Crippen LogP contribution in [0.2, 0.25) is 0 Å². The van der Waals surface area contributed by atoms with Crippen LogP contribution in [0.15, 0.2) is 49.2 Å². The summed E-state index contributed by atoms with van der Waals surface area (Å²) >= 11 is 1.13. The quantitative estimate of drug-likeness (QED) is 0.312. The van der Waals surface area contributed by atoms with Crippen LogP contribution in [-0.2, 0) is 27.5 Å². The molecule has 1 fully saturated rings. The number of carbonyl (C=O) groups excluding carboxylic acids is 3. The number of imidazole rings is 1. The summed E-state index contributed by atoms with van der Waals surface area (Å²) in [6.07, 6.45) is 8.17. The van der Waals surface area contributed by atoms with Crippen molar-refractivity contribution in [2.75, 3.05) is 11.4 Å². The monoisotopic (exact) mass is 507 g/mol. The fraction of sp³-hybridized carbons (Fsp3) is 0.333. The molecule has 0 radical (unpaired) electrons. The molecular formula is C24H25N7O4S. The maximum atomic E-state index is 13.4. The topological polar surface area (TPSA) is 156 Å². The van der Waals surface area contributed by atoms with Gasteiger partial charge >= 0.3 is 5.97 Å². The van der Waals surface area contributed by atoms with E-state index in [0.29, 0.717) is 35.0 Å². The summed E-state index contributed by atoms with van der Waals surface area (Å²) in [5.41, 5.74) is 1.32. The Kier molecular flexibility index (Phi) is 8.04. The van der Waals surface area contributed by atoms with E-state index in [1.807, 2.05) is 10.8 Å². The minimum absolute atomic E-state index is 0.193. The second kappa shape index (κ2) is 11.6. The van der Waals surface area contributed by atoms with Gasteiger partial charge in [0.15, 0.2) is 5.13 Å². The molecule has 2 heterocycles. The highest BCUT2D eigenvalue weighted by Crippen LogP contribution is 2.37. The first-order valence-electron chi connectivity index (χ1n) is 11.4. The van der Waals surface area contributed by atoms with Gasteiger partial charge in [-0.2, -0.15) is 11.2 Å². The number of anilines is 1. The molecule has 4 rings (SSSR count). The maximum absolute atomic E-state index is 13.4.